The zero-order chi connectivity index (χ0) is 22.7. The molecule has 33 heavy (non-hydrogen) atoms. The minimum absolute atomic E-state index is 0.165. The average molecular weight is 455 g/mol. The summed E-state index contributed by atoms with van der Waals surface area (Å²) in [5.41, 5.74) is 5.33. The van der Waals surface area contributed by atoms with Gasteiger partial charge in [-0.2, -0.15) is 0 Å². The Hall–Kier alpha value is -3.31. The molecule has 2 aliphatic rings. The van der Waals surface area contributed by atoms with Crippen molar-refractivity contribution in [3.05, 3.63) is 102 Å². The maximum Gasteiger partial charge on any atom is 0.265 e. The van der Waals surface area contributed by atoms with Crippen molar-refractivity contribution in [2.24, 2.45) is 0 Å². The van der Waals surface area contributed by atoms with E-state index in [-0.39, 0.29) is 12.0 Å². The Balaban J connectivity index is 1.61. The normalized spacial score (nSPS) is 19.2. The summed E-state index contributed by atoms with van der Waals surface area (Å²) in [6.07, 6.45) is 1.92. The summed E-state index contributed by atoms with van der Waals surface area (Å²) in [4.78, 5) is 2.39. The van der Waals surface area contributed by atoms with E-state index in [0.717, 1.165) is 46.1 Å². The van der Waals surface area contributed by atoms with Gasteiger partial charge in [-0.3, -0.25) is 4.31 Å². The van der Waals surface area contributed by atoms with Gasteiger partial charge in [0.1, 0.15) is 0 Å². The fourth-order valence-electron chi connectivity index (χ4n) is 5.77. The van der Waals surface area contributed by atoms with Crippen LogP contribution in [0.4, 0.5) is 11.4 Å². The molecule has 0 aromatic heterocycles. The Morgan fingerprint density at radius 1 is 0.788 bits per heavy atom. The van der Waals surface area contributed by atoms with Crippen molar-refractivity contribution < 1.29 is 8.42 Å². The summed E-state index contributed by atoms with van der Waals surface area (Å²) in [7, 11) is 0.145. The van der Waals surface area contributed by atoms with Crippen LogP contribution >= 0.6 is 0 Å². The van der Waals surface area contributed by atoms with Crippen molar-refractivity contribution in [1.82, 2.24) is 0 Å². The van der Waals surface area contributed by atoms with Gasteiger partial charge in [-0.15, -0.1) is 0 Å². The Labute approximate surface area is 195 Å². The minimum atomic E-state index is -3.82. The number of hydrogen-bond acceptors (Lipinski definition) is 3. The minimum Gasteiger partial charge on any atom is -0.377 e. The number of rotatable bonds is 3. The summed E-state index contributed by atoms with van der Waals surface area (Å²) in [6.45, 7) is 0. The molecule has 0 fully saturated rings. The molecule has 0 saturated heterocycles. The molecule has 4 nitrogen and oxygen atoms in total. The van der Waals surface area contributed by atoms with E-state index >= 15 is 0 Å². The van der Waals surface area contributed by atoms with Crippen molar-refractivity contribution in [1.29, 1.82) is 0 Å². The van der Waals surface area contributed by atoms with Crippen molar-refractivity contribution in [2.75, 3.05) is 23.3 Å². The number of anilines is 2. The van der Waals surface area contributed by atoms with Crippen LogP contribution in [0.3, 0.4) is 0 Å². The van der Waals surface area contributed by atoms with Gasteiger partial charge in [0.2, 0.25) is 0 Å². The van der Waals surface area contributed by atoms with E-state index < -0.39 is 10.0 Å². The number of sulfonamides is 1. The first-order valence-electron chi connectivity index (χ1n) is 11.4. The number of aryl methyl sites for hydroxylation is 1. The van der Waals surface area contributed by atoms with Gasteiger partial charge in [0, 0.05) is 36.5 Å². The quantitative estimate of drug-likeness (QED) is 0.388. The maximum atomic E-state index is 14.5. The largest absolute Gasteiger partial charge is 0.377 e. The van der Waals surface area contributed by atoms with Crippen LogP contribution < -0.4 is 9.21 Å². The van der Waals surface area contributed by atoms with Crippen LogP contribution in [0.25, 0.3) is 10.8 Å². The SMILES string of the molecule is CN(C)c1cccc2c(S(=O)(=O)N3c4ccccc4[C@H]4CCc5ccccc5[C@H]43)cccc12. The van der Waals surface area contributed by atoms with Crippen LogP contribution in [0.15, 0.2) is 89.8 Å². The Morgan fingerprint density at radius 2 is 1.48 bits per heavy atom. The molecule has 2 atom stereocenters. The van der Waals surface area contributed by atoms with E-state index in [1.54, 1.807) is 10.4 Å². The summed E-state index contributed by atoms with van der Waals surface area (Å²) in [5, 5.41) is 1.70. The molecule has 0 saturated carbocycles. The van der Waals surface area contributed by atoms with E-state index in [1.165, 1.54) is 5.56 Å². The van der Waals surface area contributed by atoms with Gasteiger partial charge in [0.15, 0.2) is 0 Å². The highest BCUT2D eigenvalue weighted by Crippen LogP contribution is 2.56. The molecule has 0 bridgehead atoms. The summed E-state index contributed by atoms with van der Waals surface area (Å²) < 4.78 is 30.6. The first kappa shape index (κ1) is 20.3. The van der Waals surface area contributed by atoms with Crippen LogP contribution in [-0.4, -0.2) is 22.5 Å². The van der Waals surface area contributed by atoms with E-state index in [0.29, 0.717) is 4.90 Å². The zero-order valence-corrected chi connectivity index (χ0v) is 19.6. The molecule has 166 valence electrons. The monoisotopic (exact) mass is 454 g/mol. The first-order chi connectivity index (χ1) is 16.0. The number of hydrogen-bond donors (Lipinski definition) is 0. The predicted molar refractivity (Wildman–Crippen MR) is 135 cm³/mol. The molecule has 6 rings (SSSR count). The third-order valence-corrected chi connectivity index (χ3v) is 9.04. The van der Waals surface area contributed by atoms with E-state index in [4.69, 9.17) is 0 Å². The lowest BCUT2D eigenvalue weighted by Gasteiger charge is -2.35. The summed E-state index contributed by atoms with van der Waals surface area (Å²) in [5.74, 6) is 0.165. The molecule has 0 amide bonds. The highest BCUT2D eigenvalue weighted by atomic mass is 32.2. The lowest BCUT2D eigenvalue weighted by molar-refractivity contribution is 0.505. The van der Waals surface area contributed by atoms with E-state index in [9.17, 15) is 8.42 Å². The fourth-order valence-corrected chi connectivity index (χ4v) is 7.67. The lowest BCUT2D eigenvalue weighted by Crippen LogP contribution is -2.35. The molecule has 0 unspecified atom stereocenters. The molecule has 4 aromatic carbocycles. The van der Waals surface area contributed by atoms with Gasteiger partial charge in [0.05, 0.1) is 16.6 Å². The van der Waals surface area contributed by atoms with Gasteiger partial charge in [0.25, 0.3) is 10.0 Å². The number of benzene rings is 4. The molecule has 5 heteroatoms. The first-order valence-corrected chi connectivity index (χ1v) is 12.8. The van der Waals surface area contributed by atoms with E-state index in [2.05, 4.69) is 18.2 Å². The molecule has 0 radical (unpaired) electrons. The highest BCUT2D eigenvalue weighted by molar-refractivity contribution is 7.93. The van der Waals surface area contributed by atoms with Crippen LogP contribution in [0.5, 0.6) is 0 Å². The second kappa shape index (κ2) is 7.35. The lowest BCUT2D eigenvalue weighted by atomic mass is 9.79. The third-order valence-electron chi connectivity index (χ3n) is 7.18. The highest BCUT2D eigenvalue weighted by Gasteiger charge is 2.47. The number of fused-ring (bicyclic) bond motifs is 6. The van der Waals surface area contributed by atoms with Gasteiger partial charge in [-0.05, 0) is 47.7 Å². The number of nitrogens with zero attached hydrogens (tertiary/aromatic N) is 2. The standard InChI is InChI=1S/C28H26N2O2S/c1-29(2)25-15-7-13-23-21(25)12-8-16-27(23)33(31,32)30-26-14-6-5-11-22(26)24-18-17-19-9-3-4-10-20(19)28(24)30/h3-16,24,28H,17-18H2,1-2H3/t24-,28-/m1/s1. The van der Waals surface area contributed by atoms with Gasteiger partial charge in [-0.25, -0.2) is 8.42 Å². The molecule has 1 aliphatic carbocycles. The second-order valence-electron chi connectivity index (χ2n) is 9.17. The van der Waals surface area contributed by atoms with Crippen molar-refractivity contribution in [3.8, 4) is 0 Å². The summed E-state index contributed by atoms with van der Waals surface area (Å²) in [6, 6.07) is 27.6. The summed E-state index contributed by atoms with van der Waals surface area (Å²) >= 11 is 0. The van der Waals surface area contributed by atoms with Crippen LogP contribution in [0.2, 0.25) is 0 Å². The van der Waals surface area contributed by atoms with Gasteiger partial charge in [-0.1, -0.05) is 66.7 Å². The molecule has 1 aliphatic heterocycles. The van der Waals surface area contributed by atoms with E-state index in [1.807, 2.05) is 79.7 Å². The molecule has 1 heterocycles. The van der Waals surface area contributed by atoms with Crippen LogP contribution in [0.1, 0.15) is 35.1 Å². The fraction of sp³-hybridized carbons (Fsp3) is 0.214. The average Bonchev–Trinajstić information content (AvgIpc) is 3.19. The molecular weight excluding hydrogens is 428 g/mol. The predicted octanol–water partition coefficient (Wildman–Crippen LogP) is 5.89. The third kappa shape index (κ3) is 2.92. The van der Waals surface area contributed by atoms with Gasteiger partial charge >= 0.3 is 0 Å². The molecular formula is C28H26N2O2S. The Kier molecular flexibility index (Phi) is 4.53. The maximum absolute atomic E-state index is 14.5. The smallest absolute Gasteiger partial charge is 0.265 e. The zero-order valence-electron chi connectivity index (χ0n) is 18.8. The number of para-hydroxylation sites is 1. The molecule has 0 spiro atoms. The van der Waals surface area contributed by atoms with Crippen molar-refractivity contribution >= 4 is 32.2 Å². The molecule has 4 aromatic rings. The Bertz CT molecular complexity index is 1490. The topological polar surface area (TPSA) is 40.6 Å². The second-order valence-corrected chi connectivity index (χ2v) is 11.0. The van der Waals surface area contributed by atoms with Crippen molar-refractivity contribution in [2.45, 2.75) is 29.7 Å². The van der Waals surface area contributed by atoms with Gasteiger partial charge < -0.3 is 4.90 Å². The van der Waals surface area contributed by atoms with Crippen LogP contribution in [-0.2, 0) is 16.4 Å². The Morgan fingerprint density at radius 3 is 2.30 bits per heavy atom. The molecule has 0 N–H and O–H groups in total. The van der Waals surface area contributed by atoms with Crippen LogP contribution in [0, 0.1) is 0 Å². The van der Waals surface area contributed by atoms with Crippen molar-refractivity contribution in [3.63, 3.8) is 0 Å².